The first-order chi connectivity index (χ1) is 5.82. The number of aliphatic hydroxyl groups is 1. The molecular weight excluding hydrogens is 168 g/mol. The summed E-state index contributed by atoms with van der Waals surface area (Å²) in [5, 5.41) is 9.80. The second kappa shape index (κ2) is 3.14. The Labute approximate surface area is 78.4 Å². The molecule has 0 amide bonds. The van der Waals surface area contributed by atoms with Crippen LogP contribution in [0.5, 0.6) is 0 Å². The average molecular weight is 184 g/mol. The third-order valence-corrected chi connectivity index (χ3v) is 2.18. The Morgan fingerprint density at radius 1 is 1.54 bits per heavy atom. The van der Waals surface area contributed by atoms with Crippen LogP contribution in [-0.4, -0.2) is 23.3 Å². The molecule has 0 aromatic heterocycles. The first kappa shape index (κ1) is 10.3. The van der Waals surface area contributed by atoms with Gasteiger partial charge < -0.3 is 9.84 Å². The van der Waals surface area contributed by atoms with Gasteiger partial charge in [0, 0.05) is 5.57 Å². The van der Waals surface area contributed by atoms with Crippen LogP contribution >= 0.6 is 0 Å². The predicted octanol–water partition coefficient (Wildman–Crippen LogP) is 1.27. The van der Waals surface area contributed by atoms with E-state index < -0.39 is 12.2 Å². The van der Waals surface area contributed by atoms with Gasteiger partial charge >= 0.3 is 5.97 Å². The Balaban J connectivity index is 2.72. The highest BCUT2D eigenvalue weighted by atomic mass is 16.6. The molecule has 13 heavy (non-hydrogen) atoms. The summed E-state index contributed by atoms with van der Waals surface area (Å²) < 4.78 is 4.98. The Hall–Kier alpha value is -0.830. The zero-order chi connectivity index (χ0) is 10.2. The quantitative estimate of drug-likeness (QED) is 0.624. The molecule has 0 spiro atoms. The van der Waals surface area contributed by atoms with Crippen molar-refractivity contribution < 1.29 is 14.6 Å². The molecule has 1 N–H and O–H groups in total. The molecule has 0 fully saturated rings. The largest absolute Gasteiger partial charge is 0.452 e. The van der Waals surface area contributed by atoms with E-state index in [9.17, 15) is 9.90 Å². The number of esters is 1. The minimum absolute atomic E-state index is 0.272. The van der Waals surface area contributed by atoms with E-state index in [4.69, 9.17) is 4.74 Å². The number of hydrogen-bond acceptors (Lipinski definition) is 3. The van der Waals surface area contributed by atoms with Crippen LogP contribution in [-0.2, 0) is 9.53 Å². The molecule has 1 aliphatic rings. The highest BCUT2D eigenvalue weighted by molar-refractivity contribution is 5.90. The number of cyclic esters (lactones) is 1. The van der Waals surface area contributed by atoms with Gasteiger partial charge in [-0.25, -0.2) is 4.79 Å². The van der Waals surface area contributed by atoms with Crippen molar-refractivity contribution in [3.8, 4) is 0 Å². The van der Waals surface area contributed by atoms with Crippen LogP contribution in [0.3, 0.4) is 0 Å². The molecule has 3 nitrogen and oxygen atoms in total. The maximum Gasteiger partial charge on any atom is 0.334 e. The van der Waals surface area contributed by atoms with Crippen molar-refractivity contribution in [3.05, 3.63) is 11.6 Å². The third-order valence-electron chi connectivity index (χ3n) is 2.18. The lowest BCUT2D eigenvalue weighted by molar-refractivity contribution is -0.146. The van der Waals surface area contributed by atoms with Crippen molar-refractivity contribution in [2.45, 2.75) is 39.9 Å². The maximum absolute atomic E-state index is 11.0. The Morgan fingerprint density at radius 2 is 2.08 bits per heavy atom. The number of carbonyl (C=O) groups is 1. The van der Waals surface area contributed by atoms with Gasteiger partial charge in [0.25, 0.3) is 0 Å². The Morgan fingerprint density at radius 3 is 2.38 bits per heavy atom. The van der Waals surface area contributed by atoms with Gasteiger partial charge in [-0.15, -0.1) is 0 Å². The summed E-state index contributed by atoms with van der Waals surface area (Å²) in [4.78, 5) is 11.0. The highest BCUT2D eigenvalue weighted by Crippen LogP contribution is 2.27. The second-order valence-electron chi connectivity index (χ2n) is 4.53. The topological polar surface area (TPSA) is 46.5 Å². The van der Waals surface area contributed by atoms with E-state index in [0.717, 1.165) is 0 Å². The monoisotopic (exact) mass is 184 g/mol. The van der Waals surface area contributed by atoms with Gasteiger partial charge in [-0.3, -0.25) is 0 Å². The number of rotatable bonds is 1. The minimum atomic E-state index is -0.645. The van der Waals surface area contributed by atoms with Crippen molar-refractivity contribution in [2.75, 3.05) is 0 Å². The Kier molecular flexibility index (Phi) is 2.48. The Bertz CT molecular complexity index is 247. The SMILES string of the molecule is CC1=C[C@@H]([C@H](O)C(C)(C)C)OC1=O. The van der Waals surface area contributed by atoms with E-state index >= 15 is 0 Å². The van der Waals surface area contributed by atoms with Gasteiger partial charge in [0.05, 0.1) is 6.10 Å². The molecule has 2 atom stereocenters. The molecule has 3 heteroatoms. The lowest BCUT2D eigenvalue weighted by Crippen LogP contribution is -2.37. The van der Waals surface area contributed by atoms with Crippen LogP contribution < -0.4 is 0 Å². The summed E-state index contributed by atoms with van der Waals surface area (Å²) in [5.41, 5.74) is 0.305. The molecular formula is C10H16O3. The van der Waals surface area contributed by atoms with Crippen molar-refractivity contribution in [2.24, 2.45) is 5.41 Å². The van der Waals surface area contributed by atoms with E-state index in [1.165, 1.54) is 0 Å². The summed E-state index contributed by atoms with van der Waals surface area (Å²) >= 11 is 0. The molecule has 0 saturated heterocycles. The van der Waals surface area contributed by atoms with E-state index in [-0.39, 0.29) is 11.4 Å². The first-order valence-corrected chi connectivity index (χ1v) is 4.40. The predicted molar refractivity (Wildman–Crippen MR) is 49.1 cm³/mol. The van der Waals surface area contributed by atoms with Crippen LogP contribution in [0.1, 0.15) is 27.7 Å². The fourth-order valence-corrected chi connectivity index (χ4v) is 1.21. The molecule has 0 unspecified atom stereocenters. The fourth-order valence-electron chi connectivity index (χ4n) is 1.21. The first-order valence-electron chi connectivity index (χ1n) is 4.40. The average Bonchev–Trinajstić information content (AvgIpc) is 2.29. The number of hydrogen-bond donors (Lipinski definition) is 1. The normalized spacial score (nSPS) is 25.5. The molecule has 0 saturated carbocycles. The zero-order valence-corrected chi connectivity index (χ0v) is 8.50. The lowest BCUT2D eigenvalue weighted by atomic mass is 9.86. The van der Waals surface area contributed by atoms with Crippen molar-refractivity contribution in [3.63, 3.8) is 0 Å². The van der Waals surface area contributed by atoms with E-state index in [1.54, 1.807) is 13.0 Å². The van der Waals surface area contributed by atoms with E-state index in [0.29, 0.717) is 5.57 Å². The van der Waals surface area contributed by atoms with Gasteiger partial charge in [0.15, 0.2) is 0 Å². The van der Waals surface area contributed by atoms with Crippen molar-refractivity contribution in [1.29, 1.82) is 0 Å². The second-order valence-corrected chi connectivity index (χ2v) is 4.53. The van der Waals surface area contributed by atoms with Crippen LogP contribution in [0.15, 0.2) is 11.6 Å². The number of aliphatic hydroxyl groups excluding tert-OH is 1. The molecule has 1 heterocycles. The van der Waals surface area contributed by atoms with Gasteiger partial charge in [0.1, 0.15) is 6.10 Å². The van der Waals surface area contributed by atoms with Gasteiger partial charge in [0.2, 0.25) is 0 Å². The number of carbonyl (C=O) groups excluding carboxylic acids is 1. The van der Waals surface area contributed by atoms with Crippen LogP contribution in [0.2, 0.25) is 0 Å². The van der Waals surface area contributed by atoms with E-state index in [2.05, 4.69) is 0 Å². The minimum Gasteiger partial charge on any atom is -0.452 e. The summed E-state index contributed by atoms with van der Waals surface area (Å²) in [7, 11) is 0. The fraction of sp³-hybridized carbons (Fsp3) is 0.700. The van der Waals surface area contributed by atoms with Crippen LogP contribution in [0.25, 0.3) is 0 Å². The molecule has 0 aromatic carbocycles. The summed E-state index contributed by atoms with van der Waals surface area (Å²) in [5.74, 6) is -0.326. The molecule has 0 aliphatic carbocycles. The van der Waals surface area contributed by atoms with Crippen LogP contribution in [0.4, 0.5) is 0 Å². The van der Waals surface area contributed by atoms with Crippen LogP contribution in [0, 0.1) is 5.41 Å². The zero-order valence-electron chi connectivity index (χ0n) is 8.50. The lowest BCUT2D eigenvalue weighted by Gasteiger charge is -2.28. The van der Waals surface area contributed by atoms with Gasteiger partial charge in [-0.2, -0.15) is 0 Å². The summed E-state index contributed by atoms with van der Waals surface area (Å²) in [6.07, 6.45) is 0.555. The van der Waals surface area contributed by atoms with Crippen molar-refractivity contribution >= 4 is 5.97 Å². The van der Waals surface area contributed by atoms with Gasteiger partial charge in [-0.05, 0) is 18.4 Å². The standard InChI is InChI=1S/C10H16O3/c1-6-5-7(13-9(6)12)8(11)10(2,3)4/h5,7-8,11H,1-4H3/t7-,8-/m0/s1. The summed E-state index contributed by atoms with van der Waals surface area (Å²) in [6, 6.07) is 0. The highest BCUT2D eigenvalue weighted by Gasteiger charge is 2.35. The van der Waals surface area contributed by atoms with Gasteiger partial charge in [-0.1, -0.05) is 20.8 Å². The van der Waals surface area contributed by atoms with E-state index in [1.807, 2.05) is 20.8 Å². The maximum atomic E-state index is 11.0. The van der Waals surface area contributed by atoms with Crippen molar-refractivity contribution in [1.82, 2.24) is 0 Å². The molecule has 1 rings (SSSR count). The third kappa shape index (κ3) is 2.10. The molecule has 0 aromatic rings. The molecule has 0 radical (unpaired) electrons. The molecule has 74 valence electrons. The number of ether oxygens (including phenoxy) is 1. The molecule has 0 bridgehead atoms. The smallest absolute Gasteiger partial charge is 0.334 e. The molecule has 1 aliphatic heterocycles. The summed E-state index contributed by atoms with van der Waals surface area (Å²) in [6.45, 7) is 7.42.